The van der Waals surface area contributed by atoms with Crippen LogP contribution in [-0.2, 0) is 0 Å². The molecule has 20 heavy (non-hydrogen) atoms. The lowest BCUT2D eigenvalue weighted by Crippen LogP contribution is -2.11. The summed E-state index contributed by atoms with van der Waals surface area (Å²) in [7, 11) is 0. The van der Waals surface area contributed by atoms with Crippen LogP contribution in [0.4, 0.5) is 11.4 Å². The number of rotatable bonds is 4. The predicted molar refractivity (Wildman–Crippen MR) is 76.7 cm³/mol. The van der Waals surface area contributed by atoms with Gasteiger partial charge < -0.3 is 16.2 Å². The molecular formula is C14H11ClN2O3. The number of hydrogen-bond acceptors (Lipinski definition) is 3. The summed E-state index contributed by atoms with van der Waals surface area (Å²) in [6.45, 7) is 0. The van der Waals surface area contributed by atoms with E-state index in [2.05, 4.69) is 5.32 Å². The van der Waals surface area contributed by atoms with E-state index >= 15 is 0 Å². The molecule has 4 N–H and O–H groups in total. The Kier molecular flexibility index (Phi) is 3.91. The number of carboxylic acid groups (broad SMARTS) is 1. The molecule has 102 valence electrons. The maximum absolute atomic E-state index is 11.1. The number of primary amides is 1. The SMILES string of the molecule is NC(=O)c1ccc(Nc2cccc(C(=O)O)c2)cc1Cl. The highest BCUT2D eigenvalue weighted by Crippen LogP contribution is 2.24. The van der Waals surface area contributed by atoms with E-state index in [0.717, 1.165) is 0 Å². The summed E-state index contributed by atoms with van der Waals surface area (Å²) < 4.78 is 0. The lowest BCUT2D eigenvalue weighted by molar-refractivity contribution is 0.0696. The summed E-state index contributed by atoms with van der Waals surface area (Å²) in [5.41, 5.74) is 6.80. The summed E-state index contributed by atoms with van der Waals surface area (Å²) >= 11 is 5.94. The molecule has 0 bridgehead atoms. The van der Waals surface area contributed by atoms with Crippen molar-refractivity contribution in [3.05, 3.63) is 58.6 Å². The molecule has 2 aromatic carbocycles. The highest BCUT2D eigenvalue weighted by Gasteiger charge is 2.08. The van der Waals surface area contributed by atoms with E-state index in [1.54, 1.807) is 24.3 Å². The van der Waals surface area contributed by atoms with Crippen LogP contribution in [0.3, 0.4) is 0 Å². The summed E-state index contributed by atoms with van der Waals surface area (Å²) in [5, 5.41) is 12.2. The van der Waals surface area contributed by atoms with Crippen molar-refractivity contribution in [3.63, 3.8) is 0 Å². The van der Waals surface area contributed by atoms with E-state index < -0.39 is 11.9 Å². The van der Waals surface area contributed by atoms with Crippen LogP contribution in [0.2, 0.25) is 5.02 Å². The van der Waals surface area contributed by atoms with E-state index in [0.29, 0.717) is 11.4 Å². The molecule has 0 aromatic heterocycles. The molecule has 5 nitrogen and oxygen atoms in total. The van der Waals surface area contributed by atoms with Crippen molar-refractivity contribution in [2.75, 3.05) is 5.32 Å². The van der Waals surface area contributed by atoms with Gasteiger partial charge in [0.15, 0.2) is 0 Å². The third kappa shape index (κ3) is 3.07. The van der Waals surface area contributed by atoms with Gasteiger partial charge in [-0.1, -0.05) is 17.7 Å². The minimum Gasteiger partial charge on any atom is -0.478 e. The largest absolute Gasteiger partial charge is 0.478 e. The second-order valence-electron chi connectivity index (χ2n) is 4.07. The summed E-state index contributed by atoms with van der Waals surface area (Å²) in [4.78, 5) is 21.9. The summed E-state index contributed by atoms with van der Waals surface area (Å²) in [5.74, 6) is -1.61. The fraction of sp³-hybridized carbons (Fsp3) is 0. The molecule has 0 saturated heterocycles. The van der Waals surface area contributed by atoms with Gasteiger partial charge in [-0.25, -0.2) is 4.79 Å². The number of carbonyl (C=O) groups excluding carboxylic acids is 1. The van der Waals surface area contributed by atoms with E-state index in [1.807, 2.05) is 0 Å². The zero-order chi connectivity index (χ0) is 14.7. The van der Waals surface area contributed by atoms with Crippen LogP contribution in [0.1, 0.15) is 20.7 Å². The zero-order valence-electron chi connectivity index (χ0n) is 10.3. The molecule has 6 heteroatoms. The molecule has 0 radical (unpaired) electrons. The molecule has 0 atom stereocenters. The van der Waals surface area contributed by atoms with Gasteiger partial charge in [0.2, 0.25) is 5.91 Å². The van der Waals surface area contributed by atoms with Gasteiger partial charge in [-0.05, 0) is 36.4 Å². The molecule has 0 heterocycles. The molecule has 0 fully saturated rings. The van der Waals surface area contributed by atoms with Crippen LogP contribution < -0.4 is 11.1 Å². The fourth-order valence-electron chi connectivity index (χ4n) is 1.69. The first-order chi connectivity index (χ1) is 9.47. The summed E-state index contributed by atoms with van der Waals surface area (Å²) in [6, 6.07) is 11.0. The van der Waals surface area contributed by atoms with Gasteiger partial charge >= 0.3 is 5.97 Å². The standard InChI is InChI=1S/C14H11ClN2O3/c15-12-7-10(4-5-11(12)13(16)18)17-9-3-1-2-8(6-9)14(19)20/h1-7,17H,(H2,16,18)(H,19,20). The first-order valence-corrected chi connectivity index (χ1v) is 6.05. The predicted octanol–water partition coefficient (Wildman–Crippen LogP) is 2.88. The molecule has 0 aliphatic heterocycles. The lowest BCUT2D eigenvalue weighted by Gasteiger charge is -2.09. The molecule has 0 aliphatic carbocycles. The van der Waals surface area contributed by atoms with Crippen molar-refractivity contribution < 1.29 is 14.7 Å². The molecule has 2 rings (SSSR count). The number of aromatic carboxylic acids is 1. The Morgan fingerprint density at radius 1 is 1.10 bits per heavy atom. The normalized spacial score (nSPS) is 10.1. The van der Waals surface area contributed by atoms with Crippen molar-refractivity contribution in [3.8, 4) is 0 Å². The number of carbonyl (C=O) groups is 2. The Bertz CT molecular complexity index is 686. The average Bonchev–Trinajstić information content (AvgIpc) is 2.38. The quantitative estimate of drug-likeness (QED) is 0.807. The Balaban J connectivity index is 2.26. The molecule has 0 aliphatic rings. The molecule has 0 saturated carbocycles. The molecule has 0 unspecified atom stereocenters. The van der Waals surface area contributed by atoms with Crippen LogP contribution >= 0.6 is 11.6 Å². The number of nitrogens with one attached hydrogen (secondary N) is 1. The number of anilines is 2. The minimum absolute atomic E-state index is 0.176. The molecular weight excluding hydrogens is 280 g/mol. The van der Waals surface area contributed by atoms with E-state index in [-0.39, 0.29) is 16.1 Å². The Morgan fingerprint density at radius 2 is 1.80 bits per heavy atom. The molecule has 1 amide bonds. The molecule has 2 aromatic rings. The average molecular weight is 291 g/mol. The first kappa shape index (κ1) is 13.9. The van der Waals surface area contributed by atoms with Crippen LogP contribution in [0.15, 0.2) is 42.5 Å². The van der Waals surface area contributed by atoms with Gasteiger partial charge in [0.1, 0.15) is 0 Å². The number of hydrogen-bond donors (Lipinski definition) is 3. The zero-order valence-corrected chi connectivity index (χ0v) is 11.0. The topological polar surface area (TPSA) is 92.4 Å². The third-order valence-corrected chi connectivity index (χ3v) is 2.95. The van der Waals surface area contributed by atoms with E-state index in [9.17, 15) is 9.59 Å². The summed E-state index contributed by atoms with van der Waals surface area (Å²) in [6.07, 6.45) is 0. The van der Waals surface area contributed by atoms with E-state index in [1.165, 1.54) is 18.2 Å². The second kappa shape index (κ2) is 5.63. The maximum Gasteiger partial charge on any atom is 0.335 e. The highest BCUT2D eigenvalue weighted by atomic mass is 35.5. The van der Waals surface area contributed by atoms with Gasteiger partial charge in [-0.3, -0.25) is 4.79 Å². The number of benzene rings is 2. The van der Waals surface area contributed by atoms with Crippen LogP contribution in [0, 0.1) is 0 Å². The van der Waals surface area contributed by atoms with Crippen LogP contribution in [-0.4, -0.2) is 17.0 Å². The Hall–Kier alpha value is -2.53. The molecule has 0 spiro atoms. The van der Waals surface area contributed by atoms with Crippen molar-refractivity contribution in [1.29, 1.82) is 0 Å². The highest BCUT2D eigenvalue weighted by molar-refractivity contribution is 6.34. The van der Waals surface area contributed by atoms with E-state index in [4.69, 9.17) is 22.4 Å². The lowest BCUT2D eigenvalue weighted by atomic mass is 10.1. The Labute approximate surface area is 120 Å². The van der Waals surface area contributed by atoms with Gasteiger partial charge in [-0.2, -0.15) is 0 Å². The van der Waals surface area contributed by atoms with Crippen molar-refractivity contribution >= 4 is 34.9 Å². The van der Waals surface area contributed by atoms with Crippen molar-refractivity contribution in [1.82, 2.24) is 0 Å². The third-order valence-electron chi connectivity index (χ3n) is 2.63. The fourth-order valence-corrected chi connectivity index (χ4v) is 1.96. The van der Waals surface area contributed by atoms with Gasteiger partial charge in [0.05, 0.1) is 16.1 Å². The van der Waals surface area contributed by atoms with Gasteiger partial charge in [0.25, 0.3) is 0 Å². The number of nitrogens with two attached hydrogens (primary N) is 1. The van der Waals surface area contributed by atoms with Gasteiger partial charge in [0, 0.05) is 11.4 Å². The number of halogens is 1. The van der Waals surface area contributed by atoms with Gasteiger partial charge in [-0.15, -0.1) is 0 Å². The van der Waals surface area contributed by atoms with Crippen LogP contribution in [0.5, 0.6) is 0 Å². The maximum atomic E-state index is 11.1. The number of carboxylic acids is 1. The monoisotopic (exact) mass is 290 g/mol. The first-order valence-electron chi connectivity index (χ1n) is 5.67. The van der Waals surface area contributed by atoms with Crippen LogP contribution in [0.25, 0.3) is 0 Å². The number of amides is 1. The minimum atomic E-state index is -1.00. The Morgan fingerprint density at radius 3 is 2.40 bits per heavy atom. The van der Waals surface area contributed by atoms with Crippen molar-refractivity contribution in [2.24, 2.45) is 5.73 Å². The smallest absolute Gasteiger partial charge is 0.335 e. The van der Waals surface area contributed by atoms with Crippen molar-refractivity contribution in [2.45, 2.75) is 0 Å². The second-order valence-corrected chi connectivity index (χ2v) is 4.48.